The number of hydrogen-bond acceptors (Lipinski definition) is 8. The van der Waals surface area contributed by atoms with Crippen molar-refractivity contribution >= 4 is 51.2 Å². The molecule has 2 aliphatic heterocycles. The lowest BCUT2D eigenvalue weighted by atomic mass is 10.1. The first-order chi connectivity index (χ1) is 18.6. The summed E-state index contributed by atoms with van der Waals surface area (Å²) in [4.78, 5) is 17.7. The van der Waals surface area contributed by atoms with Gasteiger partial charge in [0.05, 0.1) is 23.8 Å². The standard InChI is InChI=1S/C26H30ClN5O6S/c27-22-16-20(6-7-23(22)38-21-8-12-31(13-9-21)26-30-10-14-37-26)32(39(35,36)17-24(33)34)11-2-4-18-3-1-5-19(15-18)25(28)29/h1-7,15-16,21H,8-14,17H2,(H3,28,29)(H,33,34)/b4-2+. The zero-order valence-electron chi connectivity index (χ0n) is 21.1. The number of hydrogen-bond donors (Lipinski definition) is 3. The van der Waals surface area contributed by atoms with Crippen LogP contribution in [-0.2, 0) is 19.6 Å². The molecule has 4 N–H and O–H groups in total. The van der Waals surface area contributed by atoms with Gasteiger partial charge < -0.3 is 25.2 Å². The summed E-state index contributed by atoms with van der Waals surface area (Å²) in [5.74, 6) is -2.22. The van der Waals surface area contributed by atoms with Crippen LogP contribution in [0.3, 0.4) is 0 Å². The van der Waals surface area contributed by atoms with Crippen LogP contribution >= 0.6 is 11.6 Å². The Morgan fingerprint density at radius 2 is 2.05 bits per heavy atom. The third-order valence-electron chi connectivity index (χ3n) is 6.20. The van der Waals surface area contributed by atoms with Gasteiger partial charge in [-0.1, -0.05) is 42.0 Å². The molecule has 0 atom stereocenters. The van der Waals surface area contributed by atoms with Crippen LogP contribution in [0.1, 0.15) is 24.0 Å². The second kappa shape index (κ2) is 12.4. The first kappa shape index (κ1) is 28.2. The van der Waals surface area contributed by atoms with E-state index in [4.69, 9.17) is 32.2 Å². The number of carboxylic acid groups (broad SMARTS) is 1. The molecule has 1 fully saturated rings. The number of carboxylic acids is 1. The van der Waals surface area contributed by atoms with Crippen LogP contribution in [0, 0.1) is 5.41 Å². The minimum absolute atomic E-state index is 0.0767. The van der Waals surface area contributed by atoms with Gasteiger partial charge in [0, 0.05) is 31.5 Å². The lowest BCUT2D eigenvalue weighted by Crippen LogP contribution is -2.42. The second-order valence-corrected chi connectivity index (χ2v) is 11.4. The van der Waals surface area contributed by atoms with Gasteiger partial charge >= 0.3 is 5.97 Å². The van der Waals surface area contributed by atoms with E-state index >= 15 is 0 Å². The van der Waals surface area contributed by atoms with Crippen molar-refractivity contribution in [3.05, 3.63) is 64.7 Å². The zero-order chi connectivity index (χ0) is 28.0. The maximum atomic E-state index is 12.9. The number of anilines is 1. The van der Waals surface area contributed by atoms with Crippen LogP contribution < -0.4 is 14.8 Å². The number of ether oxygens (including phenoxy) is 2. The van der Waals surface area contributed by atoms with Gasteiger partial charge in [-0.2, -0.15) is 0 Å². The largest absolute Gasteiger partial charge is 0.489 e. The summed E-state index contributed by atoms with van der Waals surface area (Å²) < 4.78 is 38.5. The third-order valence-corrected chi connectivity index (χ3v) is 8.14. The molecule has 208 valence electrons. The number of halogens is 1. The Bertz CT molecular complexity index is 1390. The molecule has 0 spiro atoms. The van der Waals surface area contributed by atoms with Gasteiger partial charge in [0.1, 0.15) is 24.3 Å². The number of aliphatic imine (C=N–C) groups is 1. The smallest absolute Gasteiger partial charge is 0.320 e. The van der Waals surface area contributed by atoms with Gasteiger partial charge in [-0.25, -0.2) is 13.4 Å². The Morgan fingerprint density at radius 1 is 1.28 bits per heavy atom. The molecule has 2 aliphatic rings. The minimum atomic E-state index is -4.22. The molecule has 4 rings (SSSR count). The highest BCUT2D eigenvalue weighted by Gasteiger charge is 2.28. The van der Waals surface area contributed by atoms with Gasteiger partial charge in [-0.3, -0.25) is 14.5 Å². The molecule has 2 aromatic rings. The summed E-state index contributed by atoms with van der Waals surface area (Å²) in [7, 11) is -4.22. The highest BCUT2D eigenvalue weighted by atomic mass is 35.5. The number of likely N-dealkylation sites (tertiary alicyclic amines) is 1. The van der Waals surface area contributed by atoms with E-state index in [1.54, 1.807) is 48.6 Å². The fourth-order valence-electron chi connectivity index (χ4n) is 4.31. The average molecular weight is 576 g/mol. The maximum absolute atomic E-state index is 12.9. The number of nitrogens with zero attached hydrogens (tertiary/aromatic N) is 3. The first-order valence-electron chi connectivity index (χ1n) is 12.3. The maximum Gasteiger partial charge on any atom is 0.320 e. The fraction of sp³-hybridized carbons (Fsp3) is 0.346. The van der Waals surface area contributed by atoms with E-state index in [1.807, 2.05) is 0 Å². The summed E-state index contributed by atoms with van der Waals surface area (Å²) in [6.45, 7) is 2.62. The van der Waals surface area contributed by atoms with Crippen LogP contribution in [0.25, 0.3) is 6.08 Å². The topological polar surface area (TPSA) is 159 Å². The first-order valence-corrected chi connectivity index (χ1v) is 14.3. The number of sulfonamides is 1. The SMILES string of the molecule is N=C(N)c1cccc(/C=C/CN(c2ccc(OC3CCN(C4=NCCO4)CC3)c(Cl)c2)S(=O)(=O)CC(=O)O)c1. The highest BCUT2D eigenvalue weighted by Crippen LogP contribution is 2.33. The summed E-state index contributed by atoms with van der Waals surface area (Å²) in [6.07, 6.45) is 4.67. The van der Waals surface area contributed by atoms with E-state index in [2.05, 4.69) is 9.89 Å². The Hall–Kier alpha value is -3.77. The second-order valence-electron chi connectivity index (χ2n) is 9.05. The molecule has 0 unspecified atom stereocenters. The molecule has 39 heavy (non-hydrogen) atoms. The molecule has 0 bridgehead atoms. The molecule has 2 aromatic carbocycles. The summed E-state index contributed by atoms with van der Waals surface area (Å²) in [5.41, 5.74) is 6.98. The van der Waals surface area contributed by atoms with Crippen molar-refractivity contribution in [2.75, 3.05) is 42.8 Å². The van der Waals surface area contributed by atoms with Gasteiger partial charge in [-0.15, -0.1) is 0 Å². The summed E-state index contributed by atoms with van der Waals surface area (Å²) in [6, 6.07) is 12.2. The Labute approximate surface area is 232 Å². The number of aliphatic carboxylic acids is 1. The highest BCUT2D eigenvalue weighted by molar-refractivity contribution is 7.93. The molecule has 13 heteroatoms. The number of piperidine rings is 1. The number of amidine groups is 2. The van der Waals surface area contributed by atoms with Crippen molar-refractivity contribution in [1.82, 2.24) is 4.90 Å². The molecule has 11 nitrogen and oxygen atoms in total. The van der Waals surface area contributed by atoms with E-state index in [0.29, 0.717) is 36.0 Å². The quantitative estimate of drug-likeness (QED) is 0.288. The monoisotopic (exact) mass is 575 g/mol. The molecule has 1 saturated heterocycles. The van der Waals surface area contributed by atoms with Crippen LogP contribution in [0.5, 0.6) is 5.75 Å². The van der Waals surface area contributed by atoms with Gasteiger partial charge in [-0.05, 0) is 29.8 Å². The Morgan fingerprint density at radius 3 is 2.69 bits per heavy atom. The van der Waals surface area contributed by atoms with E-state index in [1.165, 1.54) is 6.07 Å². The van der Waals surface area contributed by atoms with Crippen molar-refractivity contribution in [3.63, 3.8) is 0 Å². The van der Waals surface area contributed by atoms with Gasteiger partial charge in [0.15, 0.2) is 5.75 Å². The lowest BCUT2D eigenvalue weighted by molar-refractivity contribution is -0.134. The van der Waals surface area contributed by atoms with E-state index in [0.717, 1.165) is 30.2 Å². The number of nitrogens with two attached hydrogens (primary N) is 1. The fourth-order valence-corrected chi connectivity index (χ4v) is 5.74. The van der Waals surface area contributed by atoms with Gasteiger partial charge in [0.25, 0.3) is 6.02 Å². The molecule has 0 amide bonds. The number of carbonyl (C=O) groups is 1. The van der Waals surface area contributed by atoms with Crippen LogP contribution in [0.4, 0.5) is 5.69 Å². The Balaban J connectivity index is 1.47. The van der Waals surface area contributed by atoms with Gasteiger partial charge in [0.2, 0.25) is 10.0 Å². The van der Waals surface area contributed by atoms with Crippen LogP contribution in [-0.4, -0.2) is 80.9 Å². The molecule has 0 saturated carbocycles. The predicted molar refractivity (Wildman–Crippen MR) is 150 cm³/mol. The van der Waals surface area contributed by atoms with E-state index in [9.17, 15) is 18.3 Å². The Kier molecular flexibility index (Phi) is 8.97. The number of nitrogens with one attached hydrogen (secondary N) is 1. The molecule has 0 radical (unpaired) electrons. The molecule has 2 heterocycles. The zero-order valence-corrected chi connectivity index (χ0v) is 22.7. The van der Waals surface area contributed by atoms with Crippen LogP contribution in [0.15, 0.2) is 53.5 Å². The molecular formula is C26H30ClN5O6S. The molecule has 0 aliphatic carbocycles. The van der Waals surface area contributed by atoms with Crippen molar-refractivity contribution in [2.24, 2.45) is 10.7 Å². The average Bonchev–Trinajstić information content (AvgIpc) is 3.43. The lowest BCUT2D eigenvalue weighted by Gasteiger charge is -2.32. The molecule has 0 aromatic heterocycles. The number of benzene rings is 2. The van der Waals surface area contributed by atoms with Crippen molar-refractivity contribution < 1.29 is 27.8 Å². The van der Waals surface area contributed by atoms with Crippen molar-refractivity contribution in [1.29, 1.82) is 5.41 Å². The number of rotatable bonds is 10. The van der Waals surface area contributed by atoms with E-state index in [-0.39, 0.29) is 29.2 Å². The molecular weight excluding hydrogens is 546 g/mol. The summed E-state index contributed by atoms with van der Waals surface area (Å²) in [5, 5.41) is 17.0. The van der Waals surface area contributed by atoms with Crippen molar-refractivity contribution in [3.8, 4) is 5.75 Å². The van der Waals surface area contributed by atoms with Crippen LogP contribution in [0.2, 0.25) is 5.02 Å². The predicted octanol–water partition coefficient (Wildman–Crippen LogP) is 2.79. The van der Waals surface area contributed by atoms with Crippen molar-refractivity contribution in [2.45, 2.75) is 18.9 Å². The third kappa shape index (κ3) is 7.42. The van der Waals surface area contributed by atoms with E-state index < -0.39 is 21.7 Å². The number of nitrogen functional groups attached to an aromatic ring is 1. The minimum Gasteiger partial charge on any atom is -0.489 e. The summed E-state index contributed by atoms with van der Waals surface area (Å²) >= 11 is 6.50. The normalized spacial score (nSPS) is 16.1.